The number of methoxy groups -OCH3 is 1. The minimum atomic E-state index is -0.351. The first-order valence-corrected chi connectivity index (χ1v) is 9.05. The number of carbonyl (C=O) groups excluding carboxylic acids is 1. The van der Waals surface area contributed by atoms with Crippen LogP contribution in [0.25, 0.3) is 0 Å². The molecule has 2 heterocycles. The van der Waals surface area contributed by atoms with Gasteiger partial charge in [-0.05, 0) is 31.0 Å². The standard InChI is InChI=1S/C20H21N3O4/c1-27-13-8-9-16-15(11-13)19(22-10-4-7-20(22)24)12-17(21-16)14-5-2-3-6-18(14)23(25)26/h2-3,5-6,8-9,11,17,19,21H,4,7,10,12H2,1H3. The van der Waals surface area contributed by atoms with Crippen LogP contribution in [0, 0.1) is 10.1 Å². The van der Waals surface area contributed by atoms with Gasteiger partial charge in [-0.3, -0.25) is 14.9 Å². The van der Waals surface area contributed by atoms with Crippen molar-refractivity contribution < 1.29 is 14.5 Å². The molecule has 1 amide bonds. The number of likely N-dealkylation sites (tertiary alicyclic amines) is 1. The zero-order valence-corrected chi connectivity index (χ0v) is 15.1. The lowest BCUT2D eigenvalue weighted by atomic mass is 9.87. The number of benzene rings is 2. The van der Waals surface area contributed by atoms with E-state index in [1.807, 2.05) is 29.2 Å². The third-order valence-corrected chi connectivity index (χ3v) is 5.40. The SMILES string of the molecule is COc1ccc2c(c1)C(N1CCCC1=O)CC(c1ccccc1[N+](=O)[O-])N2. The maximum atomic E-state index is 12.4. The fourth-order valence-electron chi connectivity index (χ4n) is 4.12. The highest BCUT2D eigenvalue weighted by atomic mass is 16.6. The van der Waals surface area contributed by atoms with Gasteiger partial charge in [-0.2, -0.15) is 0 Å². The summed E-state index contributed by atoms with van der Waals surface area (Å²) >= 11 is 0. The van der Waals surface area contributed by atoms with Crippen molar-refractivity contribution in [2.75, 3.05) is 19.0 Å². The summed E-state index contributed by atoms with van der Waals surface area (Å²) in [5, 5.41) is 14.9. The van der Waals surface area contributed by atoms with Crippen LogP contribution in [-0.2, 0) is 4.79 Å². The Morgan fingerprint density at radius 3 is 2.74 bits per heavy atom. The van der Waals surface area contributed by atoms with Crippen LogP contribution in [0.2, 0.25) is 0 Å². The number of amides is 1. The molecule has 0 aliphatic carbocycles. The lowest BCUT2D eigenvalue weighted by molar-refractivity contribution is -0.385. The molecular weight excluding hydrogens is 346 g/mol. The van der Waals surface area contributed by atoms with Gasteiger partial charge >= 0.3 is 0 Å². The normalized spacial score (nSPS) is 21.5. The highest BCUT2D eigenvalue weighted by molar-refractivity contribution is 5.79. The van der Waals surface area contributed by atoms with Crippen molar-refractivity contribution in [2.24, 2.45) is 0 Å². The highest BCUT2D eigenvalue weighted by Crippen LogP contribution is 2.45. The number of ether oxygens (including phenoxy) is 1. The van der Waals surface area contributed by atoms with E-state index < -0.39 is 0 Å². The van der Waals surface area contributed by atoms with Crippen molar-refractivity contribution in [3.05, 3.63) is 63.7 Å². The molecule has 1 fully saturated rings. The number of hydrogen-bond acceptors (Lipinski definition) is 5. The summed E-state index contributed by atoms with van der Waals surface area (Å²) in [4.78, 5) is 25.5. The number of anilines is 1. The number of nitrogens with one attached hydrogen (secondary N) is 1. The molecule has 4 rings (SSSR count). The monoisotopic (exact) mass is 367 g/mol. The van der Waals surface area contributed by atoms with Gasteiger partial charge in [0, 0.05) is 30.3 Å². The molecule has 7 nitrogen and oxygen atoms in total. The Bertz CT molecular complexity index is 899. The largest absolute Gasteiger partial charge is 0.497 e. The number of nitrogens with zero attached hydrogens (tertiary/aromatic N) is 2. The maximum Gasteiger partial charge on any atom is 0.274 e. The van der Waals surface area contributed by atoms with Gasteiger partial charge in [-0.15, -0.1) is 0 Å². The second-order valence-electron chi connectivity index (χ2n) is 6.91. The summed E-state index contributed by atoms with van der Waals surface area (Å²) in [6.07, 6.45) is 1.98. The molecule has 140 valence electrons. The molecule has 2 aromatic carbocycles. The zero-order chi connectivity index (χ0) is 19.0. The predicted molar refractivity (Wildman–Crippen MR) is 101 cm³/mol. The van der Waals surface area contributed by atoms with Crippen LogP contribution < -0.4 is 10.1 Å². The van der Waals surface area contributed by atoms with Gasteiger partial charge in [0.15, 0.2) is 0 Å². The van der Waals surface area contributed by atoms with Crippen molar-refractivity contribution in [3.8, 4) is 5.75 Å². The molecule has 2 atom stereocenters. The Hall–Kier alpha value is -3.09. The third-order valence-electron chi connectivity index (χ3n) is 5.40. The number of carbonyl (C=O) groups is 1. The molecule has 2 aliphatic heterocycles. The maximum absolute atomic E-state index is 12.4. The molecule has 2 aliphatic rings. The minimum Gasteiger partial charge on any atom is -0.497 e. The first-order valence-electron chi connectivity index (χ1n) is 9.05. The molecule has 27 heavy (non-hydrogen) atoms. The number of nitro groups is 1. The van der Waals surface area contributed by atoms with Crippen molar-refractivity contribution in [1.29, 1.82) is 0 Å². The van der Waals surface area contributed by atoms with Crippen molar-refractivity contribution in [3.63, 3.8) is 0 Å². The van der Waals surface area contributed by atoms with Gasteiger partial charge in [0.1, 0.15) is 5.75 Å². The molecular formula is C20H21N3O4. The average Bonchev–Trinajstić information content (AvgIpc) is 3.12. The van der Waals surface area contributed by atoms with Crippen molar-refractivity contribution >= 4 is 17.3 Å². The summed E-state index contributed by atoms with van der Waals surface area (Å²) in [7, 11) is 1.62. The van der Waals surface area contributed by atoms with E-state index in [1.165, 1.54) is 6.07 Å². The van der Waals surface area contributed by atoms with Crippen LogP contribution >= 0.6 is 0 Å². The Kier molecular flexibility index (Phi) is 4.43. The van der Waals surface area contributed by atoms with E-state index in [9.17, 15) is 14.9 Å². The van der Waals surface area contributed by atoms with Gasteiger partial charge in [0.25, 0.3) is 5.69 Å². The molecule has 2 unspecified atom stereocenters. The van der Waals surface area contributed by atoms with Crippen LogP contribution in [0.5, 0.6) is 5.75 Å². The average molecular weight is 367 g/mol. The second kappa shape index (κ2) is 6.90. The molecule has 0 saturated carbocycles. The van der Waals surface area contributed by atoms with E-state index in [1.54, 1.807) is 19.2 Å². The van der Waals surface area contributed by atoms with Gasteiger partial charge in [0.2, 0.25) is 5.91 Å². The molecule has 2 aromatic rings. The molecule has 0 aromatic heterocycles. The van der Waals surface area contributed by atoms with Crippen LogP contribution in [-0.4, -0.2) is 29.4 Å². The quantitative estimate of drug-likeness (QED) is 0.656. The number of nitro benzene ring substituents is 1. The van der Waals surface area contributed by atoms with E-state index in [0.29, 0.717) is 24.9 Å². The smallest absolute Gasteiger partial charge is 0.274 e. The topological polar surface area (TPSA) is 84.7 Å². The summed E-state index contributed by atoms with van der Waals surface area (Å²) in [6.45, 7) is 0.712. The fourth-order valence-corrected chi connectivity index (χ4v) is 4.12. The number of para-hydroxylation sites is 1. The number of hydrogen-bond donors (Lipinski definition) is 1. The van der Waals surface area contributed by atoms with Crippen LogP contribution in [0.1, 0.15) is 42.5 Å². The van der Waals surface area contributed by atoms with E-state index >= 15 is 0 Å². The van der Waals surface area contributed by atoms with Gasteiger partial charge in [0.05, 0.1) is 29.7 Å². The fraction of sp³-hybridized carbons (Fsp3) is 0.350. The Morgan fingerprint density at radius 2 is 2.04 bits per heavy atom. The van der Waals surface area contributed by atoms with Gasteiger partial charge in [-0.25, -0.2) is 0 Å². The molecule has 0 radical (unpaired) electrons. The first kappa shape index (κ1) is 17.3. The van der Waals surface area contributed by atoms with Crippen LogP contribution in [0.15, 0.2) is 42.5 Å². The first-order chi connectivity index (χ1) is 13.1. The molecule has 1 N–H and O–H groups in total. The summed E-state index contributed by atoms with van der Waals surface area (Å²) in [6, 6.07) is 12.1. The Balaban J connectivity index is 1.77. The number of rotatable bonds is 4. The predicted octanol–water partition coefficient (Wildman–Crippen LogP) is 3.82. The molecule has 7 heteroatoms. The van der Waals surface area contributed by atoms with Crippen molar-refractivity contribution in [1.82, 2.24) is 4.90 Å². The van der Waals surface area contributed by atoms with E-state index in [0.717, 1.165) is 23.4 Å². The van der Waals surface area contributed by atoms with Crippen LogP contribution in [0.4, 0.5) is 11.4 Å². The highest BCUT2D eigenvalue weighted by Gasteiger charge is 2.37. The summed E-state index contributed by atoms with van der Waals surface area (Å²) < 4.78 is 5.36. The van der Waals surface area contributed by atoms with Crippen molar-refractivity contribution in [2.45, 2.75) is 31.3 Å². The third kappa shape index (κ3) is 3.09. The second-order valence-corrected chi connectivity index (χ2v) is 6.91. The van der Waals surface area contributed by atoms with Crippen LogP contribution in [0.3, 0.4) is 0 Å². The summed E-state index contributed by atoms with van der Waals surface area (Å²) in [5.41, 5.74) is 2.62. The minimum absolute atomic E-state index is 0.0958. The number of fused-ring (bicyclic) bond motifs is 1. The Morgan fingerprint density at radius 1 is 1.22 bits per heavy atom. The molecule has 1 saturated heterocycles. The van der Waals surface area contributed by atoms with E-state index in [-0.39, 0.29) is 28.6 Å². The lowest BCUT2D eigenvalue weighted by Crippen LogP contribution is -2.35. The van der Waals surface area contributed by atoms with E-state index in [4.69, 9.17) is 4.74 Å². The van der Waals surface area contributed by atoms with E-state index in [2.05, 4.69) is 5.32 Å². The Labute approximate surface area is 157 Å². The summed E-state index contributed by atoms with van der Waals surface area (Å²) in [5.74, 6) is 0.869. The zero-order valence-electron chi connectivity index (χ0n) is 15.1. The molecule has 0 bridgehead atoms. The molecule has 0 spiro atoms. The van der Waals surface area contributed by atoms with Gasteiger partial charge < -0.3 is 15.0 Å². The lowest BCUT2D eigenvalue weighted by Gasteiger charge is -2.38. The van der Waals surface area contributed by atoms with Gasteiger partial charge in [-0.1, -0.05) is 18.2 Å².